The average molecular weight is 387 g/mol. The van der Waals surface area contributed by atoms with Crippen LogP contribution in [0, 0.1) is 6.92 Å². The van der Waals surface area contributed by atoms with Crippen molar-refractivity contribution in [2.45, 2.75) is 19.5 Å². The van der Waals surface area contributed by atoms with E-state index in [4.69, 9.17) is 8.83 Å². The molecule has 0 saturated heterocycles. The summed E-state index contributed by atoms with van der Waals surface area (Å²) < 4.78 is 11.3. The van der Waals surface area contributed by atoms with Gasteiger partial charge in [-0.15, -0.1) is 0 Å². The lowest BCUT2D eigenvalue weighted by Gasteiger charge is -2.24. The van der Waals surface area contributed by atoms with Crippen molar-refractivity contribution in [3.8, 4) is 5.75 Å². The molecule has 2 aromatic carbocycles. The molecule has 4 aromatic rings. The Morgan fingerprint density at radius 1 is 1.07 bits per heavy atom. The summed E-state index contributed by atoms with van der Waals surface area (Å²) in [5.74, 6) is 0.294. The van der Waals surface area contributed by atoms with Crippen LogP contribution < -0.4 is 5.43 Å². The molecule has 0 saturated carbocycles. The molecule has 0 radical (unpaired) electrons. The van der Waals surface area contributed by atoms with Gasteiger partial charge >= 0.3 is 0 Å². The third-order valence-electron chi connectivity index (χ3n) is 5.21. The molecule has 6 heteroatoms. The molecule has 144 valence electrons. The van der Waals surface area contributed by atoms with Crippen molar-refractivity contribution in [2.24, 2.45) is 0 Å². The maximum Gasteiger partial charge on any atom is 0.291 e. The Bertz CT molecular complexity index is 1300. The molecule has 1 atom stereocenters. The number of carbonyl (C=O) groups is 1. The molecule has 1 amide bonds. The highest BCUT2D eigenvalue weighted by molar-refractivity contribution is 5.99. The highest BCUT2D eigenvalue weighted by Crippen LogP contribution is 2.39. The molecule has 3 heterocycles. The van der Waals surface area contributed by atoms with Crippen LogP contribution in [0.25, 0.3) is 11.0 Å². The minimum atomic E-state index is -0.684. The first-order valence-corrected chi connectivity index (χ1v) is 9.22. The van der Waals surface area contributed by atoms with Crippen molar-refractivity contribution in [2.75, 3.05) is 0 Å². The summed E-state index contributed by atoms with van der Waals surface area (Å²) in [6.07, 6.45) is 1.53. The van der Waals surface area contributed by atoms with Crippen molar-refractivity contribution in [3.63, 3.8) is 0 Å². The predicted octanol–water partition coefficient (Wildman–Crippen LogP) is 4.15. The Kier molecular flexibility index (Phi) is 3.81. The van der Waals surface area contributed by atoms with E-state index in [1.54, 1.807) is 48.5 Å². The van der Waals surface area contributed by atoms with Crippen LogP contribution in [0.4, 0.5) is 0 Å². The van der Waals surface area contributed by atoms with Gasteiger partial charge in [-0.25, -0.2) is 0 Å². The molecule has 2 aromatic heterocycles. The number of amides is 1. The predicted molar refractivity (Wildman–Crippen MR) is 106 cm³/mol. The normalized spacial score (nSPS) is 15.8. The summed E-state index contributed by atoms with van der Waals surface area (Å²) in [5.41, 5.74) is 1.97. The van der Waals surface area contributed by atoms with Crippen LogP contribution in [0.2, 0.25) is 0 Å². The topological polar surface area (TPSA) is 83.9 Å². The van der Waals surface area contributed by atoms with Crippen LogP contribution in [-0.2, 0) is 6.54 Å². The molecular formula is C23H17NO5. The summed E-state index contributed by atoms with van der Waals surface area (Å²) in [4.78, 5) is 28.2. The minimum absolute atomic E-state index is 0.0336. The van der Waals surface area contributed by atoms with E-state index in [1.807, 2.05) is 13.0 Å². The SMILES string of the molecule is Cc1ccc2oc3c(c(=O)c2c1)[C@@H](c1cccc(O)c1)N(Cc1ccco1)C3=O. The maximum absolute atomic E-state index is 13.4. The van der Waals surface area contributed by atoms with Gasteiger partial charge in [0.2, 0.25) is 5.76 Å². The van der Waals surface area contributed by atoms with Crippen LogP contribution in [0.5, 0.6) is 5.75 Å². The van der Waals surface area contributed by atoms with E-state index in [-0.39, 0.29) is 35.0 Å². The van der Waals surface area contributed by atoms with Gasteiger partial charge in [0.25, 0.3) is 5.91 Å². The fraction of sp³-hybridized carbons (Fsp3) is 0.130. The van der Waals surface area contributed by atoms with Crippen molar-refractivity contribution in [1.82, 2.24) is 4.90 Å². The monoisotopic (exact) mass is 387 g/mol. The van der Waals surface area contributed by atoms with Crippen molar-refractivity contribution < 1.29 is 18.7 Å². The third kappa shape index (κ3) is 2.72. The van der Waals surface area contributed by atoms with Crippen molar-refractivity contribution in [1.29, 1.82) is 0 Å². The van der Waals surface area contributed by atoms with Crippen molar-refractivity contribution >= 4 is 16.9 Å². The zero-order valence-electron chi connectivity index (χ0n) is 15.6. The molecule has 0 fully saturated rings. The zero-order chi connectivity index (χ0) is 20.1. The summed E-state index contributed by atoms with van der Waals surface area (Å²) in [5, 5.41) is 10.4. The number of fused-ring (bicyclic) bond motifs is 2. The van der Waals surface area contributed by atoms with Crippen LogP contribution in [0.3, 0.4) is 0 Å². The van der Waals surface area contributed by atoms with Gasteiger partial charge in [-0.05, 0) is 48.9 Å². The lowest BCUT2D eigenvalue weighted by Crippen LogP contribution is -2.29. The number of hydrogen-bond donors (Lipinski definition) is 1. The first-order valence-electron chi connectivity index (χ1n) is 9.22. The van der Waals surface area contributed by atoms with Gasteiger partial charge in [0.05, 0.1) is 29.8 Å². The first-order chi connectivity index (χ1) is 14.0. The van der Waals surface area contributed by atoms with Gasteiger partial charge in [-0.1, -0.05) is 23.8 Å². The lowest BCUT2D eigenvalue weighted by atomic mass is 9.98. The molecule has 0 aliphatic carbocycles. The molecule has 0 unspecified atom stereocenters. The van der Waals surface area contributed by atoms with Crippen molar-refractivity contribution in [3.05, 3.63) is 99.3 Å². The van der Waals surface area contributed by atoms with Gasteiger partial charge in [-0.3, -0.25) is 9.59 Å². The van der Waals surface area contributed by atoms with E-state index in [9.17, 15) is 14.7 Å². The maximum atomic E-state index is 13.4. The Labute approximate surface area is 165 Å². The first kappa shape index (κ1) is 17.3. The second-order valence-electron chi connectivity index (χ2n) is 7.18. The smallest absolute Gasteiger partial charge is 0.291 e. The quantitative estimate of drug-likeness (QED) is 0.571. The van der Waals surface area contributed by atoms with Crippen LogP contribution in [0.1, 0.15) is 39.0 Å². The lowest BCUT2D eigenvalue weighted by molar-refractivity contribution is 0.0701. The Balaban J connectivity index is 1.77. The van der Waals surface area contributed by atoms with Gasteiger partial charge in [0, 0.05) is 0 Å². The number of benzene rings is 2. The van der Waals surface area contributed by atoms with Gasteiger partial charge in [0.15, 0.2) is 5.43 Å². The third-order valence-corrected chi connectivity index (χ3v) is 5.21. The van der Waals surface area contributed by atoms with E-state index >= 15 is 0 Å². The van der Waals surface area contributed by atoms with E-state index in [2.05, 4.69) is 0 Å². The Morgan fingerprint density at radius 3 is 2.69 bits per heavy atom. The fourth-order valence-electron chi connectivity index (χ4n) is 3.91. The average Bonchev–Trinajstić information content (AvgIpc) is 3.31. The number of aryl methyl sites for hydroxylation is 1. The highest BCUT2D eigenvalue weighted by Gasteiger charge is 2.43. The number of phenols is 1. The number of furan rings is 1. The molecule has 1 aliphatic heterocycles. The Hall–Kier alpha value is -3.80. The highest BCUT2D eigenvalue weighted by atomic mass is 16.4. The molecule has 1 aliphatic rings. The summed E-state index contributed by atoms with van der Waals surface area (Å²) in [6.45, 7) is 2.07. The van der Waals surface area contributed by atoms with Gasteiger partial charge < -0.3 is 18.8 Å². The molecular weight excluding hydrogens is 370 g/mol. The standard InChI is InChI=1S/C23H17NO5/c1-13-7-8-18-17(10-13)21(26)19-20(14-4-2-5-15(25)11-14)24(23(27)22(19)29-18)12-16-6-3-9-28-16/h2-11,20,25H,12H2,1H3/t20-/m1/s1. The molecule has 0 spiro atoms. The van der Waals surface area contributed by atoms with E-state index in [0.717, 1.165) is 5.56 Å². The number of aromatic hydroxyl groups is 1. The molecule has 6 nitrogen and oxygen atoms in total. The van der Waals surface area contributed by atoms with E-state index in [1.165, 1.54) is 11.2 Å². The number of carbonyl (C=O) groups excluding carboxylic acids is 1. The van der Waals surface area contributed by atoms with E-state index in [0.29, 0.717) is 22.3 Å². The largest absolute Gasteiger partial charge is 0.508 e. The number of hydrogen-bond acceptors (Lipinski definition) is 5. The van der Waals surface area contributed by atoms with Gasteiger partial charge in [-0.2, -0.15) is 0 Å². The second-order valence-corrected chi connectivity index (χ2v) is 7.18. The summed E-state index contributed by atoms with van der Waals surface area (Å²) in [7, 11) is 0. The number of nitrogens with zero attached hydrogens (tertiary/aromatic N) is 1. The number of phenolic OH excluding ortho intramolecular Hbond substituents is 1. The Morgan fingerprint density at radius 2 is 1.93 bits per heavy atom. The van der Waals surface area contributed by atoms with Gasteiger partial charge in [0.1, 0.15) is 17.1 Å². The van der Waals surface area contributed by atoms with E-state index < -0.39 is 6.04 Å². The summed E-state index contributed by atoms with van der Waals surface area (Å²) >= 11 is 0. The fourth-order valence-corrected chi connectivity index (χ4v) is 3.91. The summed E-state index contributed by atoms with van der Waals surface area (Å²) in [6, 6.07) is 14.7. The minimum Gasteiger partial charge on any atom is -0.508 e. The molecule has 29 heavy (non-hydrogen) atoms. The van der Waals surface area contributed by atoms with Crippen LogP contribution in [0.15, 0.2) is 74.5 Å². The van der Waals surface area contributed by atoms with Crippen LogP contribution >= 0.6 is 0 Å². The molecule has 5 rings (SSSR count). The zero-order valence-corrected chi connectivity index (χ0v) is 15.6. The number of rotatable bonds is 3. The molecule has 1 N–H and O–H groups in total. The van der Waals surface area contributed by atoms with Crippen LogP contribution in [-0.4, -0.2) is 15.9 Å². The second kappa shape index (κ2) is 6.38. The molecule has 0 bridgehead atoms.